The van der Waals surface area contributed by atoms with E-state index in [1.54, 1.807) is 0 Å². The average Bonchev–Trinajstić information content (AvgIpc) is 1.97. The standard InChI is InChI=1S/C10H16/c1-4-6-8-10(3)9-7-5-2/h4-5,7-8H,1,6,9H2,2-3H3. The van der Waals surface area contributed by atoms with E-state index >= 15 is 0 Å². The molecular weight excluding hydrogens is 120 g/mol. The Morgan fingerprint density at radius 3 is 2.70 bits per heavy atom. The molecule has 0 aliphatic heterocycles. The van der Waals surface area contributed by atoms with Gasteiger partial charge in [0.2, 0.25) is 0 Å². The van der Waals surface area contributed by atoms with E-state index in [2.05, 4.69) is 31.7 Å². The molecule has 0 aromatic rings. The van der Waals surface area contributed by atoms with Gasteiger partial charge >= 0.3 is 0 Å². The van der Waals surface area contributed by atoms with Gasteiger partial charge in [-0.3, -0.25) is 0 Å². The Labute approximate surface area is 64.0 Å². The molecular formula is C10H16. The summed E-state index contributed by atoms with van der Waals surface area (Å²) in [5.41, 5.74) is 1.41. The zero-order chi connectivity index (χ0) is 7.82. The molecule has 0 saturated carbocycles. The molecule has 56 valence electrons. The highest BCUT2D eigenvalue weighted by atomic mass is 13.9. The number of hydrogen-bond acceptors (Lipinski definition) is 0. The van der Waals surface area contributed by atoms with Crippen molar-refractivity contribution in [2.75, 3.05) is 0 Å². The summed E-state index contributed by atoms with van der Waals surface area (Å²) < 4.78 is 0. The summed E-state index contributed by atoms with van der Waals surface area (Å²) in [5.74, 6) is 0. The Hall–Kier alpha value is -0.780. The van der Waals surface area contributed by atoms with Crippen LogP contribution in [-0.4, -0.2) is 0 Å². The van der Waals surface area contributed by atoms with Crippen molar-refractivity contribution in [2.24, 2.45) is 0 Å². The molecule has 10 heavy (non-hydrogen) atoms. The molecule has 0 radical (unpaired) electrons. The van der Waals surface area contributed by atoms with Crippen LogP contribution in [0.5, 0.6) is 0 Å². The normalized spacial score (nSPS) is 12.4. The molecule has 0 amide bonds. The molecule has 0 nitrogen and oxygen atoms in total. The third-order valence-corrected chi connectivity index (χ3v) is 1.31. The van der Waals surface area contributed by atoms with Crippen LogP contribution in [0, 0.1) is 0 Å². The van der Waals surface area contributed by atoms with Gasteiger partial charge in [0.15, 0.2) is 0 Å². The molecule has 0 unspecified atom stereocenters. The van der Waals surface area contributed by atoms with E-state index in [9.17, 15) is 0 Å². The maximum atomic E-state index is 3.65. The summed E-state index contributed by atoms with van der Waals surface area (Å²) in [5, 5.41) is 0. The van der Waals surface area contributed by atoms with Gasteiger partial charge in [0, 0.05) is 0 Å². The van der Waals surface area contributed by atoms with Crippen molar-refractivity contribution >= 4 is 0 Å². The SMILES string of the molecule is C=CCC=C(C)CC=CC. The van der Waals surface area contributed by atoms with Crippen molar-refractivity contribution in [1.29, 1.82) is 0 Å². The minimum absolute atomic E-state index is 0.989. The highest BCUT2D eigenvalue weighted by Crippen LogP contribution is 2.02. The van der Waals surface area contributed by atoms with Crippen LogP contribution in [0.25, 0.3) is 0 Å². The van der Waals surface area contributed by atoms with E-state index in [4.69, 9.17) is 0 Å². The monoisotopic (exact) mass is 136 g/mol. The minimum atomic E-state index is 0.989. The van der Waals surface area contributed by atoms with Gasteiger partial charge in [-0.15, -0.1) is 6.58 Å². The Balaban J connectivity index is 3.58. The second-order valence-electron chi connectivity index (χ2n) is 2.35. The Morgan fingerprint density at radius 1 is 1.50 bits per heavy atom. The van der Waals surface area contributed by atoms with Crippen LogP contribution >= 0.6 is 0 Å². The smallest absolute Gasteiger partial charge is 0.0142 e. The van der Waals surface area contributed by atoms with Crippen molar-refractivity contribution in [3.63, 3.8) is 0 Å². The van der Waals surface area contributed by atoms with Gasteiger partial charge < -0.3 is 0 Å². The molecule has 0 aliphatic carbocycles. The predicted molar refractivity (Wildman–Crippen MR) is 48.0 cm³/mol. The van der Waals surface area contributed by atoms with Crippen molar-refractivity contribution in [1.82, 2.24) is 0 Å². The fraction of sp³-hybridized carbons (Fsp3) is 0.400. The lowest BCUT2D eigenvalue weighted by Crippen LogP contribution is -1.71. The largest absolute Gasteiger partial charge is 0.103 e. The zero-order valence-electron chi connectivity index (χ0n) is 6.93. The molecule has 0 N–H and O–H groups in total. The van der Waals surface area contributed by atoms with Crippen LogP contribution in [0.4, 0.5) is 0 Å². The lowest BCUT2D eigenvalue weighted by Gasteiger charge is -1.92. The summed E-state index contributed by atoms with van der Waals surface area (Å²) in [6.45, 7) is 7.84. The molecule has 0 aliphatic rings. The molecule has 0 heterocycles. The third kappa shape index (κ3) is 5.36. The van der Waals surface area contributed by atoms with E-state index in [0.29, 0.717) is 0 Å². The third-order valence-electron chi connectivity index (χ3n) is 1.31. The van der Waals surface area contributed by atoms with Crippen molar-refractivity contribution < 1.29 is 0 Å². The van der Waals surface area contributed by atoms with Crippen LogP contribution < -0.4 is 0 Å². The highest BCUT2D eigenvalue weighted by Gasteiger charge is 1.81. The second kappa shape index (κ2) is 6.34. The molecule has 0 spiro atoms. The van der Waals surface area contributed by atoms with Gasteiger partial charge in [0.25, 0.3) is 0 Å². The van der Waals surface area contributed by atoms with Crippen molar-refractivity contribution in [3.05, 3.63) is 36.5 Å². The van der Waals surface area contributed by atoms with E-state index < -0.39 is 0 Å². The molecule has 0 rings (SSSR count). The first-order chi connectivity index (χ1) is 4.81. The Morgan fingerprint density at radius 2 is 2.20 bits per heavy atom. The molecule has 0 atom stereocenters. The van der Waals surface area contributed by atoms with E-state index in [1.165, 1.54) is 5.57 Å². The zero-order valence-corrected chi connectivity index (χ0v) is 6.93. The fourth-order valence-corrected chi connectivity index (χ4v) is 0.672. The van der Waals surface area contributed by atoms with Gasteiger partial charge in [-0.2, -0.15) is 0 Å². The molecule has 0 aromatic heterocycles. The number of hydrogen-bond donors (Lipinski definition) is 0. The van der Waals surface area contributed by atoms with Crippen molar-refractivity contribution in [2.45, 2.75) is 26.7 Å². The number of rotatable bonds is 4. The summed E-state index contributed by atoms with van der Waals surface area (Å²) in [6, 6.07) is 0. The Bertz CT molecular complexity index is 138. The van der Waals surface area contributed by atoms with Crippen LogP contribution in [-0.2, 0) is 0 Å². The second-order valence-corrected chi connectivity index (χ2v) is 2.35. The minimum Gasteiger partial charge on any atom is -0.103 e. The topological polar surface area (TPSA) is 0 Å². The van der Waals surface area contributed by atoms with Gasteiger partial charge in [-0.05, 0) is 26.7 Å². The molecule has 0 fully saturated rings. The molecule has 0 bridgehead atoms. The summed E-state index contributed by atoms with van der Waals surface area (Å²) in [7, 11) is 0. The molecule has 0 aromatic carbocycles. The van der Waals surface area contributed by atoms with Crippen LogP contribution in [0.15, 0.2) is 36.5 Å². The Kier molecular flexibility index (Phi) is 5.85. The van der Waals surface area contributed by atoms with E-state index in [1.807, 2.05) is 13.0 Å². The van der Waals surface area contributed by atoms with Gasteiger partial charge in [0.05, 0.1) is 0 Å². The van der Waals surface area contributed by atoms with Crippen molar-refractivity contribution in [3.8, 4) is 0 Å². The van der Waals surface area contributed by atoms with Gasteiger partial charge in [-0.25, -0.2) is 0 Å². The number of allylic oxidation sites excluding steroid dienone is 5. The molecule has 0 heteroatoms. The summed E-state index contributed by atoms with van der Waals surface area (Å²) in [6.07, 6.45) is 10.4. The average molecular weight is 136 g/mol. The first-order valence-electron chi connectivity index (χ1n) is 3.69. The van der Waals surface area contributed by atoms with Gasteiger partial charge in [-0.1, -0.05) is 29.9 Å². The lowest BCUT2D eigenvalue weighted by molar-refractivity contribution is 1.17. The maximum Gasteiger partial charge on any atom is -0.0142 e. The van der Waals surface area contributed by atoms with E-state index in [0.717, 1.165) is 12.8 Å². The van der Waals surface area contributed by atoms with Gasteiger partial charge in [0.1, 0.15) is 0 Å². The molecule has 0 saturated heterocycles. The summed E-state index contributed by atoms with van der Waals surface area (Å²) in [4.78, 5) is 0. The quantitative estimate of drug-likeness (QED) is 0.519. The highest BCUT2D eigenvalue weighted by molar-refractivity contribution is 5.05. The lowest BCUT2D eigenvalue weighted by atomic mass is 10.2. The first kappa shape index (κ1) is 9.22. The first-order valence-corrected chi connectivity index (χ1v) is 3.69. The van der Waals surface area contributed by atoms with E-state index in [-0.39, 0.29) is 0 Å². The predicted octanol–water partition coefficient (Wildman–Crippen LogP) is 3.48. The summed E-state index contributed by atoms with van der Waals surface area (Å²) >= 11 is 0. The maximum absolute atomic E-state index is 3.65. The fourth-order valence-electron chi connectivity index (χ4n) is 0.672. The van der Waals surface area contributed by atoms with Crippen LogP contribution in [0.2, 0.25) is 0 Å². The van der Waals surface area contributed by atoms with Crippen LogP contribution in [0.1, 0.15) is 26.7 Å². The van der Waals surface area contributed by atoms with Crippen LogP contribution in [0.3, 0.4) is 0 Å².